The Morgan fingerprint density at radius 2 is 2.08 bits per heavy atom. The summed E-state index contributed by atoms with van der Waals surface area (Å²) in [5.41, 5.74) is 1.27. The highest BCUT2D eigenvalue weighted by molar-refractivity contribution is 6.04. The Kier molecular flexibility index (Phi) is 4.74. The fraction of sp³-hybridized carbons (Fsp3) is 0.111. The second-order valence-corrected chi connectivity index (χ2v) is 5.74. The molecular weight excluding hydrogens is 339 g/mol. The summed E-state index contributed by atoms with van der Waals surface area (Å²) in [6, 6.07) is 12.0. The van der Waals surface area contributed by atoms with Gasteiger partial charge in [0, 0.05) is 29.5 Å². The number of hydrogen-bond acceptors (Lipinski definition) is 4. The summed E-state index contributed by atoms with van der Waals surface area (Å²) < 4.78 is 14.8. The van der Waals surface area contributed by atoms with E-state index in [0.717, 1.165) is 5.56 Å². The van der Waals surface area contributed by atoms with E-state index in [-0.39, 0.29) is 17.1 Å². The topological polar surface area (TPSA) is 90.1 Å². The zero-order valence-corrected chi connectivity index (χ0v) is 13.8. The molecule has 0 saturated carbocycles. The number of nitrogens with zero attached hydrogens (tertiary/aromatic N) is 3. The Hall–Kier alpha value is -3.55. The van der Waals surface area contributed by atoms with Crippen molar-refractivity contribution in [2.24, 2.45) is 0 Å². The average Bonchev–Trinajstić information content (AvgIpc) is 3.01. The minimum atomic E-state index is -0.528. The molecule has 1 amide bonds. The number of aromatic nitrogens is 2. The van der Waals surface area contributed by atoms with Crippen molar-refractivity contribution in [3.8, 4) is 0 Å². The molecule has 132 valence electrons. The lowest BCUT2D eigenvalue weighted by Crippen LogP contribution is -2.13. The molecule has 1 N–H and O–H groups in total. The van der Waals surface area contributed by atoms with E-state index in [1.165, 1.54) is 30.3 Å². The number of rotatable bonds is 5. The maximum absolute atomic E-state index is 13.2. The van der Waals surface area contributed by atoms with Crippen LogP contribution in [0.2, 0.25) is 0 Å². The first-order valence-electron chi connectivity index (χ1n) is 7.76. The molecule has 7 nitrogen and oxygen atoms in total. The van der Waals surface area contributed by atoms with Gasteiger partial charge in [0.2, 0.25) is 0 Å². The first kappa shape index (κ1) is 17.3. The van der Waals surface area contributed by atoms with E-state index in [2.05, 4.69) is 10.4 Å². The van der Waals surface area contributed by atoms with Crippen LogP contribution in [0.1, 0.15) is 21.5 Å². The van der Waals surface area contributed by atoms with Crippen LogP contribution in [0.25, 0.3) is 0 Å². The Morgan fingerprint density at radius 3 is 2.81 bits per heavy atom. The van der Waals surface area contributed by atoms with Crippen molar-refractivity contribution in [3.63, 3.8) is 0 Å². The predicted octanol–water partition coefficient (Wildman–Crippen LogP) is 3.54. The van der Waals surface area contributed by atoms with Crippen molar-refractivity contribution in [1.29, 1.82) is 0 Å². The van der Waals surface area contributed by atoms with Gasteiger partial charge in [0.1, 0.15) is 5.82 Å². The second kappa shape index (κ2) is 7.14. The van der Waals surface area contributed by atoms with Crippen molar-refractivity contribution in [2.45, 2.75) is 13.5 Å². The number of amides is 1. The molecule has 0 bridgehead atoms. The molecule has 0 saturated heterocycles. The minimum Gasteiger partial charge on any atom is -0.305 e. The highest BCUT2D eigenvalue weighted by Crippen LogP contribution is 2.20. The third-order valence-corrected chi connectivity index (χ3v) is 3.78. The van der Waals surface area contributed by atoms with Gasteiger partial charge in [-0.05, 0) is 30.7 Å². The van der Waals surface area contributed by atoms with E-state index < -0.39 is 10.8 Å². The van der Waals surface area contributed by atoms with E-state index in [1.54, 1.807) is 36.0 Å². The van der Waals surface area contributed by atoms with Gasteiger partial charge in [-0.15, -0.1) is 0 Å². The van der Waals surface area contributed by atoms with Crippen LogP contribution >= 0.6 is 0 Å². The number of carbonyl (C=O) groups is 1. The molecule has 0 fully saturated rings. The molecule has 8 heteroatoms. The van der Waals surface area contributed by atoms with Crippen LogP contribution in [0, 0.1) is 22.9 Å². The van der Waals surface area contributed by atoms with E-state index in [0.29, 0.717) is 17.9 Å². The smallest absolute Gasteiger partial charge is 0.273 e. The largest absolute Gasteiger partial charge is 0.305 e. The van der Waals surface area contributed by atoms with Gasteiger partial charge < -0.3 is 5.32 Å². The molecule has 3 aromatic rings. The van der Waals surface area contributed by atoms with Crippen LogP contribution in [-0.4, -0.2) is 20.6 Å². The number of nitro groups is 1. The van der Waals surface area contributed by atoms with Crippen molar-refractivity contribution < 1.29 is 14.1 Å². The lowest BCUT2D eigenvalue weighted by Gasteiger charge is -2.04. The van der Waals surface area contributed by atoms with Crippen molar-refractivity contribution in [1.82, 2.24) is 9.78 Å². The molecule has 0 aliphatic rings. The van der Waals surface area contributed by atoms with Crippen LogP contribution < -0.4 is 5.32 Å². The number of halogens is 1. The van der Waals surface area contributed by atoms with Crippen molar-refractivity contribution in [3.05, 3.63) is 87.3 Å². The molecule has 0 spiro atoms. The van der Waals surface area contributed by atoms with Gasteiger partial charge in [0.25, 0.3) is 11.6 Å². The Morgan fingerprint density at radius 1 is 1.27 bits per heavy atom. The van der Waals surface area contributed by atoms with Crippen molar-refractivity contribution >= 4 is 17.4 Å². The van der Waals surface area contributed by atoms with Crippen LogP contribution in [0.15, 0.2) is 54.7 Å². The molecule has 0 atom stereocenters. The highest BCUT2D eigenvalue weighted by atomic mass is 19.1. The Bertz CT molecular complexity index is 984. The molecule has 1 aromatic heterocycles. The van der Waals surface area contributed by atoms with Crippen molar-refractivity contribution in [2.75, 3.05) is 5.32 Å². The number of nitrogens with one attached hydrogen (secondary N) is 1. The van der Waals surface area contributed by atoms with E-state index in [9.17, 15) is 19.3 Å². The minimum absolute atomic E-state index is 0.116. The van der Waals surface area contributed by atoms with Crippen LogP contribution in [0.5, 0.6) is 0 Å². The van der Waals surface area contributed by atoms with E-state index in [1.807, 2.05) is 0 Å². The number of benzene rings is 2. The number of aryl methyl sites for hydroxylation is 1. The average molecular weight is 354 g/mol. The standard InChI is InChI=1S/C18H15FN4O3/c1-12-5-6-14(10-16(12)23(25)26)18(24)20-17-7-8-22(21-17)11-13-3-2-4-15(19)9-13/h2-10H,11H2,1H3,(H,20,21,24). The first-order valence-corrected chi connectivity index (χ1v) is 7.76. The molecule has 26 heavy (non-hydrogen) atoms. The van der Waals surface area contributed by atoms with Crippen LogP contribution in [0.4, 0.5) is 15.9 Å². The summed E-state index contributed by atoms with van der Waals surface area (Å²) in [6.07, 6.45) is 1.65. The Labute approximate surface area is 148 Å². The lowest BCUT2D eigenvalue weighted by molar-refractivity contribution is -0.385. The van der Waals surface area contributed by atoms with Crippen LogP contribution in [-0.2, 0) is 6.54 Å². The SMILES string of the molecule is Cc1ccc(C(=O)Nc2ccn(Cc3cccc(F)c3)n2)cc1[N+](=O)[O-]. The van der Waals surface area contributed by atoms with Gasteiger partial charge in [-0.25, -0.2) is 4.39 Å². The lowest BCUT2D eigenvalue weighted by atomic mass is 10.1. The molecule has 0 radical (unpaired) electrons. The van der Waals surface area contributed by atoms with Gasteiger partial charge in [0.05, 0.1) is 11.5 Å². The maximum atomic E-state index is 13.2. The second-order valence-electron chi connectivity index (χ2n) is 5.74. The number of nitro benzene ring substituents is 1. The fourth-order valence-electron chi connectivity index (χ4n) is 2.47. The zero-order chi connectivity index (χ0) is 18.7. The fourth-order valence-corrected chi connectivity index (χ4v) is 2.47. The monoisotopic (exact) mass is 354 g/mol. The third kappa shape index (κ3) is 3.92. The summed E-state index contributed by atoms with van der Waals surface area (Å²) in [5.74, 6) is -0.525. The molecule has 0 aliphatic heterocycles. The third-order valence-electron chi connectivity index (χ3n) is 3.78. The molecule has 0 aliphatic carbocycles. The maximum Gasteiger partial charge on any atom is 0.273 e. The summed E-state index contributed by atoms with van der Waals surface area (Å²) in [4.78, 5) is 22.7. The van der Waals surface area contributed by atoms with Gasteiger partial charge >= 0.3 is 0 Å². The number of hydrogen-bond donors (Lipinski definition) is 1. The van der Waals surface area contributed by atoms with Gasteiger partial charge in [0.15, 0.2) is 5.82 Å². The summed E-state index contributed by atoms with van der Waals surface area (Å²) in [6.45, 7) is 1.96. The van der Waals surface area contributed by atoms with Gasteiger partial charge in [-0.2, -0.15) is 5.10 Å². The quantitative estimate of drug-likeness (QED) is 0.560. The first-order chi connectivity index (χ1) is 12.4. The zero-order valence-electron chi connectivity index (χ0n) is 13.8. The molecule has 0 unspecified atom stereocenters. The number of anilines is 1. The number of carbonyl (C=O) groups excluding carboxylic acids is 1. The molecule has 3 rings (SSSR count). The van der Waals surface area contributed by atoms with Gasteiger partial charge in [-0.1, -0.05) is 18.2 Å². The highest BCUT2D eigenvalue weighted by Gasteiger charge is 2.15. The molecule has 1 heterocycles. The Balaban J connectivity index is 1.72. The normalized spacial score (nSPS) is 10.5. The molecular formula is C18H15FN4O3. The molecule has 2 aromatic carbocycles. The van der Waals surface area contributed by atoms with Gasteiger partial charge in [-0.3, -0.25) is 19.6 Å². The van der Waals surface area contributed by atoms with E-state index in [4.69, 9.17) is 0 Å². The summed E-state index contributed by atoms with van der Waals surface area (Å²) in [5, 5.41) is 17.8. The predicted molar refractivity (Wildman–Crippen MR) is 93.5 cm³/mol. The van der Waals surface area contributed by atoms with Crippen LogP contribution in [0.3, 0.4) is 0 Å². The summed E-state index contributed by atoms with van der Waals surface area (Å²) in [7, 11) is 0. The summed E-state index contributed by atoms with van der Waals surface area (Å²) >= 11 is 0. The van der Waals surface area contributed by atoms with E-state index >= 15 is 0 Å².